The lowest BCUT2D eigenvalue weighted by molar-refractivity contribution is -0.0755. The molecular formula is C17H29N3O. The smallest absolute Gasteiger partial charge is 0.0593 e. The summed E-state index contributed by atoms with van der Waals surface area (Å²) in [5.41, 5.74) is 7.39. The van der Waals surface area contributed by atoms with Crippen LogP contribution in [0.25, 0.3) is 0 Å². The Balaban J connectivity index is 2.12. The summed E-state index contributed by atoms with van der Waals surface area (Å²) in [6.45, 7) is 7.80. The Morgan fingerprint density at radius 1 is 1.43 bits per heavy atom. The van der Waals surface area contributed by atoms with Crippen LogP contribution in [0.5, 0.6) is 0 Å². The summed E-state index contributed by atoms with van der Waals surface area (Å²) < 4.78 is 5.92. The highest BCUT2D eigenvalue weighted by molar-refractivity contribution is 5.06. The van der Waals surface area contributed by atoms with Crippen molar-refractivity contribution in [2.75, 3.05) is 19.7 Å². The van der Waals surface area contributed by atoms with Crippen LogP contribution in [0, 0.1) is 0 Å². The summed E-state index contributed by atoms with van der Waals surface area (Å²) in [4.78, 5) is 6.97. The van der Waals surface area contributed by atoms with Gasteiger partial charge >= 0.3 is 0 Å². The number of ether oxygens (including phenoxy) is 1. The fourth-order valence-corrected chi connectivity index (χ4v) is 3.41. The van der Waals surface area contributed by atoms with Crippen molar-refractivity contribution in [2.45, 2.75) is 57.7 Å². The molecule has 0 bridgehead atoms. The minimum absolute atomic E-state index is 0.0599. The molecular weight excluding hydrogens is 262 g/mol. The average Bonchev–Trinajstić information content (AvgIpc) is 2.54. The van der Waals surface area contributed by atoms with E-state index in [-0.39, 0.29) is 5.54 Å². The molecule has 21 heavy (non-hydrogen) atoms. The molecule has 0 aliphatic carbocycles. The fraction of sp³-hybridized carbons (Fsp3) is 0.706. The molecule has 0 spiro atoms. The standard InChI is InChI=1S/C17H29N3O/c1-3-7-16-12-17(14-18,9-11-21-16)20(4-2)13-15-8-5-6-10-19-15/h5-6,8,10,16H,3-4,7,9,11-14,18H2,1-2H3. The first kappa shape index (κ1) is 16.4. The number of nitrogens with two attached hydrogens (primary N) is 1. The lowest BCUT2D eigenvalue weighted by Crippen LogP contribution is -2.58. The van der Waals surface area contributed by atoms with Gasteiger partial charge < -0.3 is 10.5 Å². The highest BCUT2D eigenvalue weighted by Gasteiger charge is 2.40. The van der Waals surface area contributed by atoms with Crippen LogP contribution in [0.4, 0.5) is 0 Å². The molecule has 4 heteroatoms. The van der Waals surface area contributed by atoms with Gasteiger partial charge in [0, 0.05) is 31.4 Å². The molecule has 0 amide bonds. The predicted molar refractivity (Wildman–Crippen MR) is 86.0 cm³/mol. The molecule has 2 rings (SSSR count). The zero-order valence-corrected chi connectivity index (χ0v) is 13.4. The molecule has 1 aliphatic heterocycles. The molecule has 0 aromatic carbocycles. The minimum Gasteiger partial charge on any atom is -0.378 e. The Labute approximate surface area is 128 Å². The van der Waals surface area contributed by atoms with Crippen LogP contribution in [0.15, 0.2) is 24.4 Å². The maximum Gasteiger partial charge on any atom is 0.0593 e. The Bertz CT molecular complexity index is 410. The largest absolute Gasteiger partial charge is 0.378 e. The van der Waals surface area contributed by atoms with E-state index < -0.39 is 0 Å². The Hall–Kier alpha value is -0.970. The Kier molecular flexibility index (Phi) is 6.15. The van der Waals surface area contributed by atoms with Gasteiger partial charge in [-0.1, -0.05) is 26.3 Å². The van der Waals surface area contributed by atoms with E-state index in [0.29, 0.717) is 12.6 Å². The van der Waals surface area contributed by atoms with Crippen LogP contribution in [0.3, 0.4) is 0 Å². The summed E-state index contributed by atoms with van der Waals surface area (Å²) in [7, 11) is 0. The minimum atomic E-state index is 0.0599. The number of aromatic nitrogens is 1. The molecule has 1 aromatic heterocycles. The zero-order valence-electron chi connectivity index (χ0n) is 13.4. The first-order valence-electron chi connectivity index (χ1n) is 8.20. The van der Waals surface area contributed by atoms with Gasteiger partial charge in [-0.2, -0.15) is 0 Å². The third-order valence-electron chi connectivity index (χ3n) is 4.65. The summed E-state index contributed by atoms with van der Waals surface area (Å²) in [5.74, 6) is 0. The lowest BCUT2D eigenvalue weighted by atomic mass is 9.83. The van der Waals surface area contributed by atoms with E-state index in [4.69, 9.17) is 10.5 Å². The quantitative estimate of drug-likeness (QED) is 0.839. The maximum absolute atomic E-state index is 6.21. The van der Waals surface area contributed by atoms with Crippen molar-refractivity contribution < 1.29 is 4.74 Å². The number of pyridine rings is 1. The molecule has 1 saturated heterocycles. The van der Waals surface area contributed by atoms with E-state index in [2.05, 4.69) is 35.9 Å². The van der Waals surface area contributed by atoms with E-state index in [1.807, 2.05) is 12.3 Å². The van der Waals surface area contributed by atoms with Crippen LogP contribution in [-0.4, -0.2) is 41.2 Å². The van der Waals surface area contributed by atoms with Gasteiger partial charge in [-0.15, -0.1) is 0 Å². The van der Waals surface area contributed by atoms with Crippen molar-refractivity contribution in [1.29, 1.82) is 0 Å². The van der Waals surface area contributed by atoms with Gasteiger partial charge in [-0.3, -0.25) is 9.88 Å². The van der Waals surface area contributed by atoms with Crippen molar-refractivity contribution in [3.8, 4) is 0 Å². The fourth-order valence-electron chi connectivity index (χ4n) is 3.41. The monoisotopic (exact) mass is 291 g/mol. The van der Waals surface area contributed by atoms with Gasteiger partial charge in [0.25, 0.3) is 0 Å². The van der Waals surface area contributed by atoms with E-state index >= 15 is 0 Å². The van der Waals surface area contributed by atoms with Crippen LogP contribution in [-0.2, 0) is 11.3 Å². The molecule has 2 atom stereocenters. The molecule has 1 aromatic rings. The van der Waals surface area contributed by atoms with Gasteiger partial charge in [-0.25, -0.2) is 0 Å². The summed E-state index contributed by atoms with van der Waals surface area (Å²) in [6.07, 6.45) is 6.57. The highest BCUT2D eigenvalue weighted by Crippen LogP contribution is 2.32. The van der Waals surface area contributed by atoms with Gasteiger partial charge in [0.15, 0.2) is 0 Å². The second-order valence-corrected chi connectivity index (χ2v) is 6.00. The molecule has 1 fully saturated rings. The number of nitrogens with zero attached hydrogens (tertiary/aromatic N) is 2. The number of rotatable bonds is 7. The second kappa shape index (κ2) is 7.87. The summed E-state index contributed by atoms with van der Waals surface area (Å²) in [6, 6.07) is 6.11. The number of hydrogen-bond acceptors (Lipinski definition) is 4. The number of hydrogen-bond donors (Lipinski definition) is 1. The van der Waals surface area contributed by atoms with Crippen molar-refractivity contribution >= 4 is 0 Å². The number of likely N-dealkylation sites (N-methyl/N-ethyl adjacent to an activating group) is 1. The highest BCUT2D eigenvalue weighted by atomic mass is 16.5. The van der Waals surface area contributed by atoms with Gasteiger partial charge in [0.1, 0.15) is 0 Å². The van der Waals surface area contributed by atoms with Crippen molar-refractivity contribution in [3.05, 3.63) is 30.1 Å². The van der Waals surface area contributed by atoms with E-state index in [9.17, 15) is 0 Å². The normalized spacial score (nSPS) is 26.2. The van der Waals surface area contributed by atoms with E-state index in [1.54, 1.807) is 0 Å². The van der Waals surface area contributed by atoms with Crippen LogP contribution in [0.2, 0.25) is 0 Å². The van der Waals surface area contributed by atoms with Crippen LogP contribution in [0.1, 0.15) is 45.2 Å². The van der Waals surface area contributed by atoms with Crippen LogP contribution >= 0.6 is 0 Å². The third kappa shape index (κ3) is 4.02. The molecule has 2 heterocycles. The zero-order chi connectivity index (χ0) is 15.1. The maximum atomic E-state index is 6.21. The lowest BCUT2D eigenvalue weighted by Gasteiger charge is -2.47. The molecule has 2 unspecified atom stereocenters. The van der Waals surface area contributed by atoms with Gasteiger partial charge in [0.05, 0.1) is 11.8 Å². The molecule has 1 aliphatic rings. The van der Waals surface area contributed by atoms with Crippen molar-refractivity contribution in [2.24, 2.45) is 5.73 Å². The molecule has 0 radical (unpaired) electrons. The van der Waals surface area contributed by atoms with E-state index in [0.717, 1.165) is 51.1 Å². The average molecular weight is 291 g/mol. The Morgan fingerprint density at radius 3 is 2.90 bits per heavy atom. The molecule has 2 N–H and O–H groups in total. The van der Waals surface area contributed by atoms with Gasteiger partial charge in [-0.05, 0) is 37.9 Å². The first-order chi connectivity index (χ1) is 10.2. The van der Waals surface area contributed by atoms with Crippen LogP contribution < -0.4 is 5.73 Å². The van der Waals surface area contributed by atoms with E-state index in [1.165, 1.54) is 0 Å². The summed E-state index contributed by atoms with van der Waals surface area (Å²) in [5, 5.41) is 0. The molecule has 118 valence electrons. The van der Waals surface area contributed by atoms with Crippen molar-refractivity contribution in [3.63, 3.8) is 0 Å². The predicted octanol–water partition coefficient (Wildman–Crippen LogP) is 2.58. The second-order valence-electron chi connectivity index (χ2n) is 6.00. The SMILES string of the molecule is CCCC1CC(CN)(N(CC)Cc2ccccn2)CCO1. The Morgan fingerprint density at radius 2 is 2.29 bits per heavy atom. The third-order valence-corrected chi connectivity index (χ3v) is 4.65. The van der Waals surface area contributed by atoms with Gasteiger partial charge in [0.2, 0.25) is 0 Å². The summed E-state index contributed by atoms with van der Waals surface area (Å²) >= 11 is 0. The topological polar surface area (TPSA) is 51.4 Å². The first-order valence-corrected chi connectivity index (χ1v) is 8.20. The molecule has 4 nitrogen and oxygen atoms in total. The molecule has 0 saturated carbocycles. The van der Waals surface area contributed by atoms with Crippen molar-refractivity contribution in [1.82, 2.24) is 9.88 Å².